The summed E-state index contributed by atoms with van der Waals surface area (Å²) >= 11 is 0. The van der Waals surface area contributed by atoms with Gasteiger partial charge in [-0.1, -0.05) is 36.4 Å². The molecule has 80 valence electrons. The van der Waals surface area contributed by atoms with Gasteiger partial charge in [0.2, 0.25) is 0 Å². The van der Waals surface area contributed by atoms with E-state index in [1.165, 1.54) is 0 Å². The molecular weight excluding hydrogens is 210 g/mol. The van der Waals surface area contributed by atoms with Crippen LogP contribution in [0.1, 0.15) is 0 Å². The number of aromatic nitrogens is 3. The van der Waals surface area contributed by atoms with Crippen LogP contribution < -0.4 is 0 Å². The van der Waals surface area contributed by atoms with Gasteiger partial charge in [-0.05, 0) is 12.1 Å². The summed E-state index contributed by atoms with van der Waals surface area (Å²) in [6.45, 7) is 0. The van der Waals surface area contributed by atoms with Crippen molar-refractivity contribution in [3.05, 3.63) is 48.5 Å². The van der Waals surface area contributed by atoms with Crippen molar-refractivity contribution in [2.24, 2.45) is 0 Å². The average Bonchev–Trinajstić information content (AvgIpc) is 2.78. The van der Waals surface area contributed by atoms with Gasteiger partial charge in [0.25, 0.3) is 0 Å². The fourth-order valence-electron chi connectivity index (χ4n) is 2.30. The number of fused-ring (bicyclic) bond motifs is 5. The summed E-state index contributed by atoms with van der Waals surface area (Å²) in [6, 6.07) is 16.2. The molecule has 3 nitrogen and oxygen atoms in total. The highest BCUT2D eigenvalue weighted by atomic mass is 15.1. The maximum absolute atomic E-state index is 4.32. The molecule has 0 aliphatic heterocycles. The van der Waals surface area contributed by atoms with E-state index in [2.05, 4.69) is 33.4 Å². The van der Waals surface area contributed by atoms with Gasteiger partial charge in [0.05, 0.1) is 11.0 Å². The molecule has 1 N–H and O–H groups in total. The first-order valence-corrected chi connectivity index (χ1v) is 5.55. The minimum atomic E-state index is 0.923. The normalized spacial score (nSPS) is 11.5. The van der Waals surface area contributed by atoms with E-state index in [-0.39, 0.29) is 0 Å². The van der Waals surface area contributed by atoms with Crippen molar-refractivity contribution in [3.8, 4) is 0 Å². The van der Waals surface area contributed by atoms with E-state index in [0.717, 1.165) is 32.8 Å². The van der Waals surface area contributed by atoms with Gasteiger partial charge in [-0.3, -0.25) is 0 Å². The Morgan fingerprint density at radius 2 is 1.53 bits per heavy atom. The summed E-state index contributed by atoms with van der Waals surface area (Å²) < 4.78 is 0. The first-order valence-electron chi connectivity index (χ1n) is 5.55. The Hall–Kier alpha value is -2.42. The predicted molar refractivity (Wildman–Crippen MR) is 68.9 cm³/mol. The Labute approximate surface area is 97.1 Å². The van der Waals surface area contributed by atoms with Gasteiger partial charge < -0.3 is 4.98 Å². The highest BCUT2D eigenvalue weighted by Gasteiger charge is 2.08. The molecular formula is C14H9N3. The van der Waals surface area contributed by atoms with Crippen LogP contribution in [0.15, 0.2) is 48.5 Å². The van der Waals surface area contributed by atoms with Crippen LogP contribution in [-0.2, 0) is 0 Å². The number of hydrogen-bond donors (Lipinski definition) is 1. The molecule has 0 spiro atoms. The zero-order chi connectivity index (χ0) is 11.2. The second kappa shape index (κ2) is 3.04. The summed E-state index contributed by atoms with van der Waals surface area (Å²) in [5, 5.41) is 10.8. The summed E-state index contributed by atoms with van der Waals surface area (Å²) in [6.07, 6.45) is 0. The number of para-hydroxylation sites is 1. The molecule has 0 atom stereocenters. The summed E-state index contributed by atoms with van der Waals surface area (Å²) in [5.41, 5.74) is 4.04. The molecule has 0 amide bonds. The third kappa shape index (κ3) is 1.11. The topological polar surface area (TPSA) is 41.6 Å². The van der Waals surface area contributed by atoms with Gasteiger partial charge >= 0.3 is 0 Å². The Morgan fingerprint density at radius 1 is 0.765 bits per heavy atom. The van der Waals surface area contributed by atoms with Crippen molar-refractivity contribution < 1.29 is 0 Å². The van der Waals surface area contributed by atoms with Crippen molar-refractivity contribution in [1.29, 1.82) is 0 Å². The maximum atomic E-state index is 4.32. The number of nitrogens with one attached hydrogen (secondary N) is 1. The quantitative estimate of drug-likeness (QED) is 0.493. The van der Waals surface area contributed by atoms with E-state index in [4.69, 9.17) is 0 Å². The van der Waals surface area contributed by atoms with Crippen LogP contribution in [-0.4, -0.2) is 15.2 Å². The van der Waals surface area contributed by atoms with Crippen molar-refractivity contribution in [3.63, 3.8) is 0 Å². The van der Waals surface area contributed by atoms with Gasteiger partial charge in [0, 0.05) is 16.3 Å². The van der Waals surface area contributed by atoms with Crippen LogP contribution in [0.4, 0.5) is 0 Å². The lowest BCUT2D eigenvalue weighted by Crippen LogP contribution is -1.84. The van der Waals surface area contributed by atoms with Gasteiger partial charge in [-0.25, -0.2) is 0 Å². The summed E-state index contributed by atoms with van der Waals surface area (Å²) in [7, 11) is 0. The van der Waals surface area contributed by atoms with E-state index in [9.17, 15) is 0 Å². The van der Waals surface area contributed by atoms with E-state index in [1.54, 1.807) is 0 Å². The van der Waals surface area contributed by atoms with Gasteiger partial charge in [-0.2, -0.15) is 0 Å². The van der Waals surface area contributed by atoms with E-state index in [1.807, 2.05) is 30.3 Å². The first kappa shape index (κ1) is 8.70. The Kier molecular flexibility index (Phi) is 1.56. The maximum Gasteiger partial charge on any atom is 0.119 e. The number of rotatable bonds is 0. The first-order chi connectivity index (χ1) is 8.43. The van der Waals surface area contributed by atoms with E-state index < -0.39 is 0 Å². The molecule has 0 radical (unpaired) electrons. The molecule has 2 heterocycles. The lowest BCUT2D eigenvalue weighted by atomic mass is 10.2. The number of H-pyrrole nitrogens is 1. The smallest absolute Gasteiger partial charge is 0.119 e. The van der Waals surface area contributed by atoms with Gasteiger partial charge in [0.1, 0.15) is 5.52 Å². The summed E-state index contributed by atoms with van der Waals surface area (Å²) in [5.74, 6) is 0. The Bertz CT molecular complexity index is 846. The third-order valence-electron chi connectivity index (χ3n) is 3.11. The largest absolute Gasteiger partial charge is 0.353 e. The zero-order valence-corrected chi connectivity index (χ0v) is 9.01. The molecule has 17 heavy (non-hydrogen) atoms. The predicted octanol–water partition coefficient (Wildman–Crippen LogP) is 3.26. The molecule has 0 aliphatic carbocycles. The lowest BCUT2D eigenvalue weighted by Gasteiger charge is -1.96. The number of hydrogen-bond acceptors (Lipinski definition) is 2. The zero-order valence-electron chi connectivity index (χ0n) is 9.01. The summed E-state index contributed by atoms with van der Waals surface area (Å²) in [4.78, 5) is 3.42. The average molecular weight is 219 g/mol. The van der Waals surface area contributed by atoms with Crippen LogP contribution in [0.3, 0.4) is 0 Å². The molecule has 0 fully saturated rings. The fraction of sp³-hybridized carbons (Fsp3) is 0. The molecule has 0 saturated carbocycles. The van der Waals surface area contributed by atoms with Crippen LogP contribution >= 0.6 is 0 Å². The van der Waals surface area contributed by atoms with Gasteiger partial charge in [-0.15, -0.1) is 10.2 Å². The van der Waals surface area contributed by atoms with Crippen molar-refractivity contribution in [2.75, 3.05) is 0 Å². The highest BCUT2D eigenvalue weighted by Crippen LogP contribution is 2.27. The Morgan fingerprint density at radius 3 is 2.47 bits per heavy atom. The van der Waals surface area contributed by atoms with Crippen LogP contribution in [0.5, 0.6) is 0 Å². The number of nitrogens with zero attached hydrogens (tertiary/aromatic N) is 2. The molecule has 2 aromatic carbocycles. The molecule has 2 aromatic heterocycles. The standard InChI is InChI=1S/C14H9N3/c1-3-7-11-9(5-1)14-13(15-11)10-6-2-4-8-12(10)16-17-14/h1-8,15H. The van der Waals surface area contributed by atoms with Crippen molar-refractivity contribution >= 4 is 32.8 Å². The molecule has 3 heteroatoms. The molecule has 0 saturated heterocycles. The minimum Gasteiger partial charge on any atom is -0.353 e. The van der Waals surface area contributed by atoms with E-state index in [0.29, 0.717) is 0 Å². The third-order valence-corrected chi connectivity index (χ3v) is 3.11. The van der Waals surface area contributed by atoms with Crippen LogP contribution in [0.25, 0.3) is 32.8 Å². The fourth-order valence-corrected chi connectivity index (χ4v) is 2.30. The van der Waals surface area contributed by atoms with E-state index >= 15 is 0 Å². The van der Waals surface area contributed by atoms with Crippen molar-refractivity contribution in [1.82, 2.24) is 15.2 Å². The van der Waals surface area contributed by atoms with Gasteiger partial charge in [0.15, 0.2) is 0 Å². The molecule has 4 aromatic rings. The second-order valence-electron chi connectivity index (χ2n) is 4.11. The number of aromatic amines is 1. The highest BCUT2D eigenvalue weighted by molar-refractivity contribution is 6.13. The van der Waals surface area contributed by atoms with Crippen LogP contribution in [0, 0.1) is 0 Å². The molecule has 0 aliphatic rings. The molecule has 0 bridgehead atoms. The molecule has 4 rings (SSSR count). The lowest BCUT2D eigenvalue weighted by molar-refractivity contribution is 1.13. The molecule has 0 unspecified atom stereocenters. The second-order valence-corrected chi connectivity index (χ2v) is 4.11. The SMILES string of the molecule is c1ccc2c(c1)nnc1c3ccccc3[nH]c21. The minimum absolute atomic E-state index is 0.923. The van der Waals surface area contributed by atoms with Crippen molar-refractivity contribution in [2.45, 2.75) is 0 Å². The van der Waals surface area contributed by atoms with Crippen LogP contribution in [0.2, 0.25) is 0 Å². The Balaban J connectivity index is 2.34. The number of benzene rings is 2. The monoisotopic (exact) mass is 219 g/mol.